The van der Waals surface area contributed by atoms with Gasteiger partial charge in [0.05, 0.1) is 24.9 Å². The molecule has 0 bridgehead atoms. The van der Waals surface area contributed by atoms with Crippen molar-refractivity contribution < 1.29 is 13.9 Å². The lowest BCUT2D eigenvalue weighted by Gasteiger charge is -2.28. The highest BCUT2D eigenvalue weighted by Crippen LogP contribution is 2.41. The lowest BCUT2D eigenvalue weighted by Crippen LogP contribution is -2.31. The number of nitrogens with one attached hydrogen (secondary N) is 1. The van der Waals surface area contributed by atoms with Crippen LogP contribution in [-0.2, 0) is 9.53 Å². The number of ether oxygens (including phenoxy) is 1. The first-order chi connectivity index (χ1) is 15.9. The highest BCUT2D eigenvalue weighted by molar-refractivity contribution is 7.80. The van der Waals surface area contributed by atoms with Crippen molar-refractivity contribution in [1.29, 1.82) is 0 Å². The molecule has 1 aromatic carbocycles. The van der Waals surface area contributed by atoms with E-state index in [-0.39, 0.29) is 23.9 Å². The van der Waals surface area contributed by atoms with Crippen LogP contribution in [0.5, 0.6) is 0 Å². The highest BCUT2D eigenvalue weighted by atomic mass is 32.1. The molecule has 4 rings (SSSR count). The second-order valence-corrected chi connectivity index (χ2v) is 8.53. The van der Waals surface area contributed by atoms with Crippen molar-refractivity contribution in [2.24, 2.45) is 0 Å². The molecule has 172 valence electrons. The van der Waals surface area contributed by atoms with Crippen LogP contribution in [0.25, 0.3) is 5.69 Å². The van der Waals surface area contributed by atoms with Crippen LogP contribution in [-0.4, -0.2) is 39.2 Å². The Morgan fingerprint density at radius 3 is 2.73 bits per heavy atom. The van der Waals surface area contributed by atoms with Gasteiger partial charge in [-0.15, -0.1) is 0 Å². The van der Waals surface area contributed by atoms with Gasteiger partial charge in [-0.25, -0.2) is 4.39 Å². The molecule has 1 aliphatic heterocycles. The Kier molecular flexibility index (Phi) is 6.74. The molecule has 0 spiro atoms. The summed E-state index contributed by atoms with van der Waals surface area (Å²) in [5.74, 6) is -0.517. The molecule has 2 aromatic heterocycles. The molecular weight excluding hydrogens is 439 g/mol. The Balaban J connectivity index is 1.75. The first kappa shape index (κ1) is 22.9. The molecule has 33 heavy (non-hydrogen) atoms. The molecule has 1 N–H and O–H groups in total. The summed E-state index contributed by atoms with van der Waals surface area (Å²) in [7, 11) is 1.39. The van der Waals surface area contributed by atoms with E-state index in [1.165, 1.54) is 19.2 Å². The standard InChI is InChI=1S/C25H27FN4O2S/c1-16-14-20(17(2)30(16)19-9-6-8-18(26)15-19)24-23(21-10-4-5-12-27-21)28-25(33)29(24)13-7-11-22(31)32-3/h4-6,8-10,12,14-15,23-24H,7,11,13H2,1-3H3,(H,28,33). The molecule has 3 heterocycles. The number of esters is 1. The number of nitrogens with zero attached hydrogens (tertiary/aromatic N) is 3. The van der Waals surface area contributed by atoms with Gasteiger partial charge >= 0.3 is 5.97 Å². The quantitative estimate of drug-likeness (QED) is 0.407. The lowest BCUT2D eigenvalue weighted by atomic mass is 9.96. The lowest BCUT2D eigenvalue weighted by molar-refractivity contribution is -0.140. The van der Waals surface area contributed by atoms with Gasteiger partial charge in [-0.2, -0.15) is 0 Å². The first-order valence-electron chi connectivity index (χ1n) is 10.9. The van der Waals surface area contributed by atoms with Crippen molar-refractivity contribution in [3.8, 4) is 5.69 Å². The van der Waals surface area contributed by atoms with Crippen LogP contribution in [0, 0.1) is 19.7 Å². The van der Waals surface area contributed by atoms with Crippen molar-refractivity contribution in [2.75, 3.05) is 13.7 Å². The molecule has 2 unspecified atom stereocenters. The fourth-order valence-electron chi connectivity index (χ4n) is 4.58. The van der Waals surface area contributed by atoms with Gasteiger partial charge in [-0.3, -0.25) is 9.78 Å². The SMILES string of the molecule is COC(=O)CCCN1C(=S)NC(c2ccccn2)C1c1cc(C)n(-c2cccc(F)c2)c1C. The predicted molar refractivity (Wildman–Crippen MR) is 129 cm³/mol. The van der Waals surface area contributed by atoms with Crippen LogP contribution in [0.4, 0.5) is 4.39 Å². The zero-order chi connectivity index (χ0) is 23.5. The third-order valence-corrected chi connectivity index (χ3v) is 6.41. The average Bonchev–Trinajstić information content (AvgIpc) is 3.29. The van der Waals surface area contributed by atoms with E-state index in [1.54, 1.807) is 12.3 Å². The van der Waals surface area contributed by atoms with Crippen LogP contribution >= 0.6 is 12.2 Å². The summed E-state index contributed by atoms with van der Waals surface area (Å²) in [6.07, 6.45) is 2.70. The van der Waals surface area contributed by atoms with E-state index in [0.717, 1.165) is 28.3 Å². The molecule has 8 heteroatoms. The van der Waals surface area contributed by atoms with Crippen molar-refractivity contribution in [3.63, 3.8) is 0 Å². The Bertz CT molecular complexity index is 1160. The monoisotopic (exact) mass is 466 g/mol. The van der Waals surface area contributed by atoms with Crippen molar-refractivity contribution >= 4 is 23.3 Å². The smallest absolute Gasteiger partial charge is 0.305 e. The Labute approximate surface area is 198 Å². The normalized spacial score (nSPS) is 17.8. The summed E-state index contributed by atoms with van der Waals surface area (Å²) >= 11 is 5.71. The summed E-state index contributed by atoms with van der Waals surface area (Å²) < 4.78 is 20.8. The largest absolute Gasteiger partial charge is 0.469 e. The number of benzene rings is 1. The van der Waals surface area contributed by atoms with Crippen LogP contribution in [0.2, 0.25) is 0 Å². The molecule has 0 radical (unpaired) electrons. The fourth-order valence-corrected chi connectivity index (χ4v) is 4.91. The van der Waals surface area contributed by atoms with Crippen LogP contribution in [0.1, 0.15) is 47.6 Å². The Hall–Kier alpha value is -3.26. The summed E-state index contributed by atoms with van der Waals surface area (Å²) in [4.78, 5) is 18.4. The van der Waals surface area contributed by atoms with E-state index in [2.05, 4.69) is 25.8 Å². The molecule has 3 aromatic rings. The fraction of sp³-hybridized carbons (Fsp3) is 0.320. The number of pyridine rings is 1. The van der Waals surface area contributed by atoms with Gasteiger partial charge in [0, 0.05) is 36.2 Å². The maximum Gasteiger partial charge on any atom is 0.305 e. The van der Waals surface area contributed by atoms with Crippen molar-refractivity contribution in [3.05, 3.63) is 83.2 Å². The maximum absolute atomic E-state index is 14.0. The molecule has 0 saturated carbocycles. The van der Waals surface area contributed by atoms with Gasteiger partial charge in [0.25, 0.3) is 0 Å². The van der Waals surface area contributed by atoms with E-state index in [9.17, 15) is 9.18 Å². The minimum Gasteiger partial charge on any atom is -0.469 e. The average molecular weight is 467 g/mol. The first-order valence-corrected chi connectivity index (χ1v) is 11.3. The van der Waals surface area contributed by atoms with Crippen LogP contribution in [0.3, 0.4) is 0 Å². The Morgan fingerprint density at radius 2 is 2.03 bits per heavy atom. The number of carbonyl (C=O) groups is 1. The van der Waals surface area contributed by atoms with Gasteiger partial charge in [0.1, 0.15) is 5.82 Å². The topological polar surface area (TPSA) is 59.4 Å². The number of aromatic nitrogens is 2. The molecule has 6 nitrogen and oxygen atoms in total. The Morgan fingerprint density at radius 1 is 1.21 bits per heavy atom. The number of hydrogen-bond acceptors (Lipinski definition) is 4. The number of halogens is 1. The molecule has 0 aliphatic carbocycles. The number of rotatable bonds is 7. The van der Waals surface area contributed by atoms with Crippen LogP contribution < -0.4 is 5.32 Å². The molecule has 2 atom stereocenters. The minimum absolute atomic E-state index is 0.126. The van der Waals surface area contributed by atoms with E-state index >= 15 is 0 Å². The summed E-state index contributed by atoms with van der Waals surface area (Å²) in [6, 6.07) is 14.3. The highest BCUT2D eigenvalue weighted by Gasteiger charge is 2.41. The van der Waals surface area contributed by atoms with Gasteiger partial charge in [-0.1, -0.05) is 12.1 Å². The van der Waals surface area contributed by atoms with Crippen molar-refractivity contribution in [1.82, 2.24) is 19.8 Å². The molecule has 1 saturated heterocycles. The third kappa shape index (κ3) is 4.61. The third-order valence-electron chi connectivity index (χ3n) is 6.06. The number of aryl methyl sites for hydroxylation is 1. The van der Waals surface area contributed by atoms with E-state index in [4.69, 9.17) is 17.0 Å². The number of thiocarbonyl (C=S) groups is 1. The van der Waals surface area contributed by atoms with Gasteiger partial charge in [-0.05, 0) is 74.4 Å². The minimum atomic E-state index is -0.277. The van der Waals surface area contributed by atoms with Gasteiger partial charge in [0.15, 0.2) is 5.11 Å². The summed E-state index contributed by atoms with van der Waals surface area (Å²) in [5, 5.41) is 4.06. The summed E-state index contributed by atoms with van der Waals surface area (Å²) in [5.41, 5.74) is 4.75. The second-order valence-electron chi connectivity index (χ2n) is 8.14. The van der Waals surface area contributed by atoms with Crippen molar-refractivity contribution in [2.45, 2.75) is 38.8 Å². The van der Waals surface area contributed by atoms with Gasteiger partial charge < -0.3 is 19.5 Å². The number of methoxy groups -OCH3 is 1. The maximum atomic E-state index is 14.0. The zero-order valence-corrected chi connectivity index (χ0v) is 19.7. The second kappa shape index (κ2) is 9.70. The number of carbonyl (C=O) groups excluding carboxylic acids is 1. The van der Waals surface area contributed by atoms with Gasteiger partial charge in [0.2, 0.25) is 0 Å². The van der Waals surface area contributed by atoms with E-state index in [0.29, 0.717) is 24.5 Å². The van der Waals surface area contributed by atoms with E-state index < -0.39 is 0 Å². The number of hydrogen-bond donors (Lipinski definition) is 1. The zero-order valence-electron chi connectivity index (χ0n) is 18.9. The molecular formula is C25H27FN4O2S. The van der Waals surface area contributed by atoms with Crippen LogP contribution in [0.15, 0.2) is 54.7 Å². The molecule has 1 fully saturated rings. The molecule has 0 amide bonds. The van der Waals surface area contributed by atoms with E-state index in [1.807, 2.05) is 38.1 Å². The molecule has 1 aliphatic rings. The predicted octanol–water partition coefficient (Wildman–Crippen LogP) is 4.55. The summed E-state index contributed by atoms with van der Waals surface area (Å²) in [6.45, 7) is 4.65.